The molecule has 13 heavy (non-hydrogen) atoms. The molecule has 68 valence electrons. The molecule has 0 amide bonds. The lowest BCUT2D eigenvalue weighted by atomic mass is 10.4. The molecule has 0 aromatic heterocycles. The van der Waals surface area contributed by atoms with Gasteiger partial charge in [0.15, 0.2) is 0 Å². The van der Waals surface area contributed by atoms with Gasteiger partial charge in [-0.1, -0.05) is 30.0 Å². The lowest BCUT2D eigenvalue weighted by Crippen LogP contribution is -1.65. The van der Waals surface area contributed by atoms with Gasteiger partial charge in [0.1, 0.15) is 0 Å². The number of hydrogen-bond donors (Lipinski definition) is 0. The van der Waals surface area contributed by atoms with Crippen molar-refractivity contribution >= 4 is 35.3 Å². The van der Waals surface area contributed by atoms with E-state index in [9.17, 15) is 0 Å². The fourth-order valence-electron chi connectivity index (χ4n) is 1.01. The Balaban J connectivity index is 1.95. The highest BCUT2D eigenvalue weighted by Crippen LogP contribution is 2.38. The van der Waals surface area contributed by atoms with Gasteiger partial charge < -0.3 is 0 Å². The highest BCUT2D eigenvalue weighted by atomic mass is 32.2. The molecule has 0 atom stereocenters. The summed E-state index contributed by atoms with van der Waals surface area (Å²) in [6.45, 7) is 0. The van der Waals surface area contributed by atoms with Crippen molar-refractivity contribution in [1.82, 2.24) is 0 Å². The summed E-state index contributed by atoms with van der Waals surface area (Å²) in [6.07, 6.45) is 0. The van der Waals surface area contributed by atoms with Crippen LogP contribution in [0.4, 0.5) is 0 Å². The molecule has 0 unspecified atom stereocenters. The van der Waals surface area contributed by atoms with Crippen LogP contribution in [0.3, 0.4) is 0 Å². The average molecular weight is 226 g/mol. The third-order valence-electron chi connectivity index (χ3n) is 1.61. The first kappa shape index (κ1) is 9.56. The van der Waals surface area contributed by atoms with Gasteiger partial charge in [-0.25, -0.2) is 0 Å². The molecule has 1 aliphatic rings. The molecule has 0 bridgehead atoms. The van der Waals surface area contributed by atoms with E-state index in [-0.39, 0.29) is 0 Å². The summed E-state index contributed by atoms with van der Waals surface area (Å²) in [6, 6.07) is 10.5. The largest absolute Gasteiger partial charge is 0.118 e. The first-order chi connectivity index (χ1) is 6.45. The smallest absolute Gasteiger partial charge is 0.0468 e. The van der Waals surface area contributed by atoms with Gasteiger partial charge in [-0.05, 0) is 17.5 Å². The van der Waals surface area contributed by atoms with E-state index in [0.29, 0.717) is 0 Å². The Morgan fingerprint density at radius 2 is 1.77 bits per heavy atom. The van der Waals surface area contributed by atoms with Crippen molar-refractivity contribution in [2.24, 2.45) is 0 Å². The van der Waals surface area contributed by atoms with Crippen molar-refractivity contribution < 1.29 is 0 Å². The summed E-state index contributed by atoms with van der Waals surface area (Å²) in [4.78, 5) is 1.32. The summed E-state index contributed by atoms with van der Waals surface area (Å²) < 4.78 is 1.47. The molecule has 0 nitrogen and oxygen atoms in total. The van der Waals surface area contributed by atoms with Crippen molar-refractivity contribution in [2.45, 2.75) is 4.90 Å². The monoisotopic (exact) mass is 226 g/mol. The number of hydrogen-bond acceptors (Lipinski definition) is 3. The van der Waals surface area contributed by atoms with Crippen LogP contribution in [0.1, 0.15) is 0 Å². The number of benzene rings is 1. The molecule has 1 aromatic rings. The maximum atomic E-state index is 2.26. The van der Waals surface area contributed by atoms with Crippen molar-refractivity contribution in [1.29, 1.82) is 0 Å². The minimum atomic E-state index is 1.27. The van der Waals surface area contributed by atoms with Crippen molar-refractivity contribution in [2.75, 3.05) is 11.5 Å². The molecule has 0 aliphatic carbocycles. The van der Waals surface area contributed by atoms with E-state index in [0.717, 1.165) is 0 Å². The summed E-state index contributed by atoms with van der Waals surface area (Å²) >= 11 is 5.74. The first-order valence-electron chi connectivity index (χ1n) is 4.12. The predicted octanol–water partition coefficient (Wildman–Crippen LogP) is 4.06. The molecule has 0 N–H and O–H groups in total. The van der Waals surface area contributed by atoms with E-state index in [1.165, 1.54) is 20.6 Å². The zero-order valence-electron chi connectivity index (χ0n) is 7.10. The van der Waals surface area contributed by atoms with E-state index in [1.807, 2.05) is 35.3 Å². The maximum absolute atomic E-state index is 2.26. The van der Waals surface area contributed by atoms with Crippen LogP contribution in [-0.4, -0.2) is 11.5 Å². The van der Waals surface area contributed by atoms with E-state index in [4.69, 9.17) is 0 Å². The molecule has 0 radical (unpaired) electrons. The number of rotatable bonds is 2. The molecular formula is C10H10S3. The summed E-state index contributed by atoms with van der Waals surface area (Å²) in [5.74, 6) is 2.54. The van der Waals surface area contributed by atoms with Gasteiger partial charge in [-0.3, -0.25) is 0 Å². The molecule has 2 rings (SSSR count). The van der Waals surface area contributed by atoms with Crippen LogP contribution in [0.15, 0.2) is 44.9 Å². The van der Waals surface area contributed by atoms with Gasteiger partial charge in [0.25, 0.3) is 0 Å². The van der Waals surface area contributed by atoms with Crippen LogP contribution in [-0.2, 0) is 0 Å². The van der Waals surface area contributed by atoms with Gasteiger partial charge in [0.2, 0.25) is 0 Å². The minimum absolute atomic E-state index is 1.27. The SMILES string of the molecule is C(Sc1ccccc1)=C1SCCS1. The van der Waals surface area contributed by atoms with Gasteiger partial charge >= 0.3 is 0 Å². The van der Waals surface area contributed by atoms with Gasteiger partial charge in [-0.2, -0.15) is 0 Å². The van der Waals surface area contributed by atoms with E-state index >= 15 is 0 Å². The molecule has 3 heteroatoms. The van der Waals surface area contributed by atoms with Crippen molar-refractivity contribution in [3.63, 3.8) is 0 Å². The predicted molar refractivity (Wildman–Crippen MR) is 65.3 cm³/mol. The van der Waals surface area contributed by atoms with Crippen LogP contribution in [0.5, 0.6) is 0 Å². The third kappa shape index (κ3) is 3.01. The Kier molecular flexibility index (Phi) is 3.70. The zero-order chi connectivity index (χ0) is 8.93. The molecular weight excluding hydrogens is 216 g/mol. The molecule has 1 aromatic carbocycles. The highest BCUT2D eigenvalue weighted by Gasteiger charge is 2.06. The molecule has 1 aliphatic heterocycles. The van der Waals surface area contributed by atoms with Crippen LogP contribution >= 0.6 is 35.3 Å². The second-order valence-electron chi connectivity index (χ2n) is 2.56. The topological polar surface area (TPSA) is 0 Å². The van der Waals surface area contributed by atoms with Crippen LogP contribution in [0, 0.1) is 0 Å². The third-order valence-corrected chi connectivity index (χ3v) is 5.39. The quantitative estimate of drug-likeness (QED) is 0.698. The molecule has 0 spiro atoms. The van der Waals surface area contributed by atoms with E-state index < -0.39 is 0 Å². The second-order valence-corrected chi connectivity index (χ2v) is 6.04. The van der Waals surface area contributed by atoms with E-state index in [2.05, 4.69) is 35.7 Å². The second kappa shape index (κ2) is 5.03. The number of thioether (sulfide) groups is 3. The fraction of sp³-hybridized carbons (Fsp3) is 0.200. The van der Waals surface area contributed by atoms with E-state index in [1.54, 1.807) is 0 Å². The molecule has 1 heterocycles. The molecule has 1 fully saturated rings. The lowest BCUT2D eigenvalue weighted by molar-refractivity contribution is 1.47. The minimum Gasteiger partial charge on any atom is -0.118 e. The Morgan fingerprint density at radius 1 is 1.08 bits per heavy atom. The van der Waals surface area contributed by atoms with Gasteiger partial charge in [0, 0.05) is 20.6 Å². The van der Waals surface area contributed by atoms with Crippen LogP contribution in [0.25, 0.3) is 0 Å². The first-order valence-corrected chi connectivity index (χ1v) is 6.98. The normalized spacial score (nSPS) is 16.2. The van der Waals surface area contributed by atoms with Crippen molar-refractivity contribution in [3.05, 3.63) is 40.0 Å². The Hall–Kier alpha value is 0.01000. The Bertz CT molecular complexity index is 284. The fourth-order valence-corrected chi connectivity index (χ4v) is 4.29. The van der Waals surface area contributed by atoms with Crippen LogP contribution < -0.4 is 0 Å². The van der Waals surface area contributed by atoms with Crippen molar-refractivity contribution in [3.8, 4) is 0 Å². The Labute approximate surface area is 91.6 Å². The average Bonchev–Trinajstić information content (AvgIpc) is 2.69. The van der Waals surface area contributed by atoms with Gasteiger partial charge in [-0.15, -0.1) is 23.5 Å². The molecule has 0 saturated carbocycles. The highest BCUT2D eigenvalue weighted by molar-refractivity contribution is 8.26. The summed E-state index contributed by atoms with van der Waals surface area (Å²) in [7, 11) is 0. The maximum Gasteiger partial charge on any atom is 0.0468 e. The Morgan fingerprint density at radius 3 is 2.46 bits per heavy atom. The lowest BCUT2D eigenvalue weighted by Gasteiger charge is -1.95. The van der Waals surface area contributed by atoms with Crippen LogP contribution in [0.2, 0.25) is 0 Å². The van der Waals surface area contributed by atoms with Gasteiger partial charge in [0.05, 0.1) is 0 Å². The standard InChI is InChI=1S/C10H10S3/c1-2-4-9(5-3-1)13-8-10-11-6-7-12-10/h1-5,8H,6-7H2. The summed E-state index contributed by atoms with van der Waals surface area (Å²) in [5.41, 5.74) is 0. The zero-order valence-corrected chi connectivity index (χ0v) is 9.55. The molecule has 1 saturated heterocycles. The summed E-state index contributed by atoms with van der Waals surface area (Å²) in [5, 5.41) is 2.26.